The summed E-state index contributed by atoms with van der Waals surface area (Å²) in [6.45, 7) is 5.66. The van der Waals surface area contributed by atoms with Crippen LogP contribution in [0.25, 0.3) is 5.65 Å². The summed E-state index contributed by atoms with van der Waals surface area (Å²) in [4.78, 5) is 30.2. The van der Waals surface area contributed by atoms with Crippen molar-refractivity contribution in [2.45, 2.75) is 33.3 Å². The van der Waals surface area contributed by atoms with Gasteiger partial charge in [-0.25, -0.2) is 9.78 Å². The second-order valence-corrected chi connectivity index (χ2v) is 7.88. The summed E-state index contributed by atoms with van der Waals surface area (Å²) in [5.41, 5.74) is 3.09. The van der Waals surface area contributed by atoms with Crippen molar-refractivity contribution in [2.24, 2.45) is 5.92 Å². The van der Waals surface area contributed by atoms with Gasteiger partial charge < -0.3 is 14.0 Å². The molecule has 3 heterocycles. The van der Waals surface area contributed by atoms with Crippen molar-refractivity contribution in [3.8, 4) is 0 Å². The lowest BCUT2D eigenvalue weighted by Gasteiger charge is -2.32. The summed E-state index contributed by atoms with van der Waals surface area (Å²) >= 11 is 0. The molecule has 0 radical (unpaired) electrons. The number of esters is 1. The van der Waals surface area contributed by atoms with Gasteiger partial charge in [0.15, 0.2) is 0 Å². The molecule has 1 atom stereocenters. The molecule has 30 heavy (non-hydrogen) atoms. The molecule has 1 saturated heterocycles. The third kappa shape index (κ3) is 3.98. The van der Waals surface area contributed by atoms with Gasteiger partial charge in [-0.3, -0.25) is 10.1 Å². The number of hydrogen-bond acceptors (Lipinski definition) is 6. The molecular formula is C22H24N4O4. The maximum atomic E-state index is 12.5. The lowest BCUT2D eigenvalue weighted by Crippen LogP contribution is -2.34. The first-order valence-corrected chi connectivity index (χ1v) is 10.1. The molecule has 8 heteroatoms. The van der Waals surface area contributed by atoms with Gasteiger partial charge in [-0.1, -0.05) is 13.0 Å². The number of fused-ring (bicyclic) bond motifs is 1. The summed E-state index contributed by atoms with van der Waals surface area (Å²) in [5.74, 6) is -0.123. The predicted molar refractivity (Wildman–Crippen MR) is 113 cm³/mol. The SMILES string of the molecule is Cc1cccn2cc(COC(=O)c3ccc(N4CCCC(C)C4)c([N+](=O)[O-])c3)nc12. The van der Waals surface area contributed by atoms with Crippen LogP contribution in [-0.2, 0) is 11.3 Å². The van der Waals surface area contributed by atoms with Crippen molar-refractivity contribution in [3.63, 3.8) is 0 Å². The molecule has 0 aliphatic carbocycles. The molecule has 4 rings (SSSR count). The van der Waals surface area contributed by atoms with Crippen LogP contribution in [0.3, 0.4) is 0 Å². The zero-order valence-electron chi connectivity index (χ0n) is 17.1. The fourth-order valence-electron chi connectivity index (χ4n) is 3.97. The van der Waals surface area contributed by atoms with Crippen LogP contribution in [0, 0.1) is 23.0 Å². The van der Waals surface area contributed by atoms with E-state index in [1.165, 1.54) is 6.07 Å². The van der Waals surface area contributed by atoms with Crippen molar-refractivity contribution in [2.75, 3.05) is 18.0 Å². The number of pyridine rings is 1. The molecule has 1 aliphatic rings. The lowest BCUT2D eigenvalue weighted by atomic mass is 9.99. The highest BCUT2D eigenvalue weighted by Gasteiger charge is 2.25. The molecule has 0 bridgehead atoms. The van der Waals surface area contributed by atoms with Crippen molar-refractivity contribution in [1.29, 1.82) is 0 Å². The van der Waals surface area contributed by atoms with Crippen LogP contribution in [0.2, 0.25) is 0 Å². The van der Waals surface area contributed by atoms with Crippen molar-refractivity contribution in [3.05, 3.63) is 69.7 Å². The fraction of sp³-hybridized carbons (Fsp3) is 0.364. The van der Waals surface area contributed by atoms with Gasteiger partial charge in [0.25, 0.3) is 5.69 Å². The molecule has 0 N–H and O–H groups in total. The maximum absolute atomic E-state index is 12.5. The molecule has 156 valence electrons. The van der Waals surface area contributed by atoms with Gasteiger partial charge in [0.05, 0.1) is 16.2 Å². The Bertz CT molecular complexity index is 1110. The molecule has 1 unspecified atom stereocenters. The number of aromatic nitrogens is 2. The molecule has 8 nitrogen and oxygen atoms in total. The largest absolute Gasteiger partial charge is 0.456 e. The van der Waals surface area contributed by atoms with E-state index in [9.17, 15) is 14.9 Å². The van der Waals surface area contributed by atoms with Crippen LogP contribution < -0.4 is 4.90 Å². The monoisotopic (exact) mass is 408 g/mol. The highest BCUT2D eigenvalue weighted by atomic mass is 16.6. The minimum absolute atomic E-state index is 0.000851. The number of ether oxygens (including phenoxy) is 1. The van der Waals surface area contributed by atoms with Crippen molar-refractivity contribution in [1.82, 2.24) is 9.38 Å². The number of imidazole rings is 1. The van der Waals surface area contributed by atoms with Crippen LogP contribution >= 0.6 is 0 Å². The average Bonchev–Trinajstić information content (AvgIpc) is 3.16. The number of aryl methyl sites for hydroxylation is 1. The number of nitro groups is 1. The topological polar surface area (TPSA) is 90.0 Å². The van der Waals surface area contributed by atoms with Gasteiger partial charge in [-0.15, -0.1) is 0 Å². The zero-order valence-corrected chi connectivity index (χ0v) is 17.1. The molecule has 0 spiro atoms. The van der Waals surface area contributed by atoms with E-state index in [1.807, 2.05) is 34.6 Å². The maximum Gasteiger partial charge on any atom is 0.338 e. The molecule has 1 aliphatic heterocycles. The Morgan fingerprint density at radius 3 is 2.93 bits per heavy atom. The summed E-state index contributed by atoms with van der Waals surface area (Å²) in [5, 5.41) is 11.6. The molecule has 3 aromatic rings. The quantitative estimate of drug-likeness (QED) is 0.358. The molecule has 1 fully saturated rings. The number of nitrogens with zero attached hydrogens (tertiary/aromatic N) is 4. The number of piperidine rings is 1. The fourth-order valence-corrected chi connectivity index (χ4v) is 3.97. The zero-order chi connectivity index (χ0) is 21.3. The highest BCUT2D eigenvalue weighted by Crippen LogP contribution is 2.32. The average molecular weight is 408 g/mol. The summed E-state index contributed by atoms with van der Waals surface area (Å²) in [6, 6.07) is 8.44. The summed E-state index contributed by atoms with van der Waals surface area (Å²) in [6.07, 6.45) is 5.81. The Hall–Kier alpha value is -3.42. The first-order chi connectivity index (χ1) is 14.4. The van der Waals surface area contributed by atoms with Crippen LogP contribution in [0.5, 0.6) is 0 Å². The van der Waals surface area contributed by atoms with Gasteiger partial charge >= 0.3 is 5.97 Å². The number of carbonyl (C=O) groups is 1. The van der Waals surface area contributed by atoms with Gasteiger partial charge in [0, 0.05) is 31.5 Å². The van der Waals surface area contributed by atoms with E-state index in [1.54, 1.807) is 18.3 Å². The molecule has 1 aromatic carbocycles. The van der Waals surface area contributed by atoms with E-state index in [-0.39, 0.29) is 17.9 Å². The van der Waals surface area contributed by atoms with E-state index >= 15 is 0 Å². The first kappa shape index (κ1) is 19.9. The van der Waals surface area contributed by atoms with Crippen LogP contribution in [-0.4, -0.2) is 33.4 Å². The Labute approximate surface area is 174 Å². The van der Waals surface area contributed by atoms with Crippen LogP contribution in [0.4, 0.5) is 11.4 Å². The molecule has 2 aromatic heterocycles. The highest BCUT2D eigenvalue weighted by molar-refractivity contribution is 5.91. The number of benzene rings is 1. The van der Waals surface area contributed by atoms with E-state index in [4.69, 9.17) is 4.74 Å². The molecule has 0 saturated carbocycles. The van der Waals surface area contributed by atoms with Crippen molar-refractivity contribution >= 4 is 23.0 Å². The van der Waals surface area contributed by atoms with Gasteiger partial charge in [-0.2, -0.15) is 0 Å². The standard InChI is InChI=1S/C22H24N4O4/c1-15-5-3-9-24(12-15)19-8-7-17(11-20(19)26(28)29)22(27)30-14-18-13-25-10-4-6-16(2)21(25)23-18/h4,6-8,10-11,13,15H,3,5,9,12,14H2,1-2H3. The predicted octanol–water partition coefficient (Wildman–Crippen LogP) is 4.14. The molecule has 0 amide bonds. The Morgan fingerprint density at radius 1 is 1.37 bits per heavy atom. The normalized spacial score (nSPS) is 16.6. The van der Waals surface area contributed by atoms with Gasteiger partial charge in [-0.05, 0) is 49.4 Å². The molecular weight excluding hydrogens is 384 g/mol. The Kier molecular flexibility index (Phi) is 5.39. The number of anilines is 1. The summed E-state index contributed by atoms with van der Waals surface area (Å²) < 4.78 is 7.24. The van der Waals surface area contributed by atoms with E-state index in [0.717, 1.165) is 37.1 Å². The Balaban J connectivity index is 1.51. The number of rotatable bonds is 5. The van der Waals surface area contributed by atoms with E-state index < -0.39 is 10.9 Å². The van der Waals surface area contributed by atoms with Crippen LogP contribution in [0.1, 0.15) is 41.4 Å². The third-order valence-electron chi connectivity index (χ3n) is 5.48. The van der Waals surface area contributed by atoms with Crippen LogP contribution in [0.15, 0.2) is 42.7 Å². The second-order valence-electron chi connectivity index (χ2n) is 7.88. The number of hydrogen-bond donors (Lipinski definition) is 0. The van der Waals surface area contributed by atoms with E-state index in [0.29, 0.717) is 17.3 Å². The van der Waals surface area contributed by atoms with Gasteiger partial charge in [0.2, 0.25) is 0 Å². The third-order valence-corrected chi connectivity index (χ3v) is 5.48. The second kappa shape index (κ2) is 8.14. The Morgan fingerprint density at radius 2 is 2.20 bits per heavy atom. The van der Waals surface area contributed by atoms with E-state index in [2.05, 4.69) is 11.9 Å². The summed E-state index contributed by atoms with van der Waals surface area (Å²) in [7, 11) is 0. The minimum Gasteiger partial charge on any atom is -0.456 e. The smallest absolute Gasteiger partial charge is 0.338 e. The number of nitro benzene ring substituents is 1. The van der Waals surface area contributed by atoms with Gasteiger partial charge in [0.1, 0.15) is 17.9 Å². The minimum atomic E-state index is -0.606. The lowest BCUT2D eigenvalue weighted by molar-refractivity contribution is -0.384. The number of carbonyl (C=O) groups excluding carboxylic acids is 1. The first-order valence-electron chi connectivity index (χ1n) is 10.1. The van der Waals surface area contributed by atoms with Crippen molar-refractivity contribution < 1.29 is 14.5 Å².